The summed E-state index contributed by atoms with van der Waals surface area (Å²) < 4.78 is 30.9. The predicted molar refractivity (Wildman–Crippen MR) is 210 cm³/mol. The van der Waals surface area contributed by atoms with Crippen molar-refractivity contribution in [1.82, 2.24) is 20.1 Å². The van der Waals surface area contributed by atoms with Gasteiger partial charge >= 0.3 is 11.9 Å². The molecule has 0 unspecified atom stereocenters. The number of H-pyrrole nitrogens is 1. The van der Waals surface area contributed by atoms with E-state index in [1.54, 1.807) is 7.11 Å². The van der Waals surface area contributed by atoms with Crippen LogP contribution in [0.25, 0.3) is 10.9 Å². The minimum Gasteiger partial charge on any atom is -0.504 e. The second-order valence-electron chi connectivity index (χ2n) is 16.0. The van der Waals surface area contributed by atoms with Crippen LogP contribution >= 0.6 is 11.8 Å². The molecule has 2 saturated heterocycles. The third kappa shape index (κ3) is 4.91. The number of aromatic hydroxyl groups is 1. The molecular formula is C42H44N6O8S. The van der Waals surface area contributed by atoms with Gasteiger partial charge < -0.3 is 39.5 Å². The summed E-state index contributed by atoms with van der Waals surface area (Å²) in [7, 11) is 3.56. The van der Waals surface area contributed by atoms with Crippen LogP contribution < -0.4 is 30.0 Å². The highest BCUT2D eigenvalue weighted by Gasteiger charge is 2.62. The summed E-state index contributed by atoms with van der Waals surface area (Å²) in [5.74, 6) is 0.959. The molecule has 57 heavy (non-hydrogen) atoms. The number of phenols is 1. The number of hydrogen-bond donors (Lipinski definition) is 4. The zero-order chi connectivity index (χ0) is 39.7. The lowest BCUT2D eigenvalue weighted by Crippen LogP contribution is -2.69. The van der Waals surface area contributed by atoms with Gasteiger partial charge in [-0.15, -0.1) is 11.8 Å². The van der Waals surface area contributed by atoms with Gasteiger partial charge in [-0.1, -0.05) is 24.3 Å². The first kappa shape index (κ1) is 36.4. The number of ether oxygens (including phenoxy) is 5. The molecule has 7 aliphatic rings. The number of benzene rings is 3. The van der Waals surface area contributed by atoms with Crippen molar-refractivity contribution in [2.45, 2.75) is 80.7 Å². The van der Waals surface area contributed by atoms with E-state index in [0.717, 1.165) is 38.9 Å². The average Bonchev–Trinajstić information content (AvgIpc) is 3.84. The molecule has 1 spiro atoms. The topological polar surface area (TPSA) is 185 Å². The van der Waals surface area contributed by atoms with Crippen LogP contribution in [0.3, 0.4) is 0 Å². The van der Waals surface area contributed by atoms with Gasteiger partial charge in [-0.2, -0.15) is 5.26 Å². The van der Waals surface area contributed by atoms with Gasteiger partial charge in [-0.3, -0.25) is 19.9 Å². The van der Waals surface area contributed by atoms with Crippen LogP contribution in [-0.2, 0) is 32.7 Å². The van der Waals surface area contributed by atoms with Gasteiger partial charge in [-0.05, 0) is 56.5 Å². The number of nitriles is 1. The van der Waals surface area contributed by atoms with E-state index in [-0.39, 0.29) is 37.0 Å². The zero-order valence-corrected chi connectivity index (χ0v) is 33.1. The lowest BCUT2D eigenvalue weighted by molar-refractivity contribution is -0.158. The third-order valence-corrected chi connectivity index (χ3v) is 14.6. The lowest BCUT2D eigenvalue weighted by atomic mass is 9.71. The number of nitrogens with two attached hydrogens (primary N) is 1. The molecule has 5 N–H and O–H groups in total. The largest absolute Gasteiger partial charge is 0.504 e. The van der Waals surface area contributed by atoms with Crippen molar-refractivity contribution in [3.63, 3.8) is 0 Å². The molecule has 1 aromatic heterocycles. The van der Waals surface area contributed by atoms with Crippen molar-refractivity contribution in [2.75, 3.05) is 39.9 Å². The van der Waals surface area contributed by atoms with E-state index in [9.17, 15) is 15.2 Å². The van der Waals surface area contributed by atoms with Crippen LogP contribution in [0, 0.1) is 25.2 Å². The molecule has 3 aromatic carbocycles. The van der Waals surface area contributed by atoms with Crippen molar-refractivity contribution >= 4 is 34.6 Å². The summed E-state index contributed by atoms with van der Waals surface area (Å²) in [5.41, 5.74) is 12.2. The standard InChI is InChI=1S/C42H44N6O8S/c1-18-10-21-11-26-27(14-44)48-28-15-53-41(51)42(40-24(12-22(13-43)46-42)23-8-6-7-9-25(23)45-40)16-57-39(33(48)32(47(26)4)29(21)34(50)35(18)52-5)31-30(28)38-37(54-17-55-38)19(2)36(31)56-20(3)49/h6-10,22,26-28,32-33,39,45-46,50H,11-13,15-17,43H2,1-5H3/t22-,26-,27-,28-,32+,33+,39+,42+/m0/s1. The number of rotatable bonds is 3. The number of piperazine rings is 1. The molecule has 8 atom stereocenters. The fourth-order valence-corrected chi connectivity index (χ4v) is 12.6. The summed E-state index contributed by atoms with van der Waals surface area (Å²) in [6.07, 6.45) is 1.12. The summed E-state index contributed by atoms with van der Waals surface area (Å²) in [6.45, 7) is 5.22. The molecule has 15 heteroatoms. The van der Waals surface area contributed by atoms with Gasteiger partial charge in [0.25, 0.3) is 0 Å². The number of aromatic nitrogens is 1. The SMILES string of the molecule is COc1c(C)cc2c(c1O)[C@@H]1[C@@H]3[C@@H]4SC[C@]5(N[C@H](CN)Cc6c5[nH]c5ccccc65)C(=O)OC[C@@H](c5c6c(c(C)c(OC(C)=O)c54)OCO6)N3[C@@H](C#N)[C@H](C2)N1C. The number of carbonyl (C=O) groups excluding carboxylic acids is 2. The van der Waals surface area contributed by atoms with E-state index in [4.69, 9.17) is 29.4 Å². The number of thioether (sulfide) groups is 1. The molecule has 0 amide bonds. The van der Waals surface area contributed by atoms with Crippen LogP contribution in [0.2, 0.25) is 0 Å². The maximum atomic E-state index is 15.0. The molecule has 0 aliphatic carbocycles. The zero-order valence-electron chi connectivity index (χ0n) is 32.3. The number of likely N-dealkylation sites (N-methyl/N-ethyl adjacent to an activating group) is 1. The number of esters is 2. The highest BCUT2D eigenvalue weighted by Crippen LogP contribution is 2.64. The Morgan fingerprint density at radius 1 is 1.14 bits per heavy atom. The molecule has 8 heterocycles. The van der Waals surface area contributed by atoms with Crippen molar-refractivity contribution in [1.29, 1.82) is 5.26 Å². The van der Waals surface area contributed by atoms with Crippen molar-refractivity contribution in [3.8, 4) is 34.8 Å². The normalized spacial score (nSPS) is 29.8. The molecule has 11 rings (SSSR count). The first-order valence-corrected chi connectivity index (χ1v) is 20.4. The fourth-order valence-electron chi connectivity index (χ4n) is 10.9. The number of hydrogen-bond acceptors (Lipinski definition) is 14. The summed E-state index contributed by atoms with van der Waals surface area (Å²) >= 11 is 1.53. The van der Waals surface area contributed by atoms with Crippen molar-refractivity contribution in [2.24, 2.45) is 5.73 Å². The predicted octanol–water partition coefficient (Wildman–Crippen LogP) is 4.08. The Morgan fingerprint density at radius 2 is 1.93 bits per heavy atom. The number of nitrogens with zero attached hydrogens (tertiary/aromatic N) is 3. The number of phenolic OH excluding ortho intramolecular Hbond substituents is 1. The van der Waals surface area contributed by atoms with Gasteiger partial charge in [0.15, 0.2) is 28.5 Å². The molecule has 0 radical (unpaired) electrons. The number of methoxy groups -OCH3 is 1. The highest BCUT2D eigenvalue weighted by molar-refractivity contribution is 7.99. The first-order valence-electron chi connectivity index (χ1n) is 19.3. The quantitative estimate of drug-likeness (QED) is 0.172. The van der Waals surface area contributed by atoms with E-state index in [2.05, 4.69) is 38.3 Å². The Balaban J connectivity index is 1.26. The molecule has 7 aliphatic heterocycles. The Labute approximate surface area is 333 Å². The van der Waals surface area contributed by atoms with Crippen molar-refractivity contribution < 1.29 is 38.4 Å². The molecule has 296 valence electrons. The summed E-state index contributed by atoms with van der Waals surface area (Å²) in [4.78, 5) is 36.1. The maximum absolute atomic E-state index is 15.0. The second-order valence-corrected chi connectivity index (χ2v) is 17.2. The minimum atomic E-state index is -1.35. The smallest absolute Gasteiger partial charge is 0.333 e. The third-order valence-electron chi connectivity index (χ3n) is 13.2. The van der Waals surface area contributed by atoms with E-state index in [1.807, 2.05) is 39.1 Å². The summed E-state index contributed by atoms with van der Waals surface area (Å²) in [5, 5.41) is 27.5. The highest BCUT2D eigenvalue weighted by atomic mass is 32.2. The lowest BCUT2D eigenvalue weighted by Gasteiger charge is -2.62. The molecule has 0 saturated carbocycles. The first-order chi connectivity index (χ1) is 27.5. The Morgan fingerprint density at radius 3 is 2.68 bits per heavy atom. The number of fused-ring (bicyclic) bond motifs is 11. The number of nitrogens with one attached hydrogen (secondary N) is 2. The van der Waals surface area contributed by atoms with Gasteiger partial charge in [0.1, 0.15) is 18.4 Å². The number of aryl methyl sites for hydroxylation is 1. The monoisotopic (exact) mass is 792 g/mol. The maximum Gasteiger partial charge on any atom is 0.333 e. The van der Waals surface area contributed by atoms with E-state index in [1.165, 1.54) is 18.7 Å². The van der Waals surface area contributed by atoms with Crippen LogP contribution in [0.15, 0.2) is 30.3 Å². The number of para-hydroxylation sites is 1. The molecule has 4 aromatic rings. The molecule has 14 nitrogen and oxygen atoms in total. The van der Waals surface area contributed by atoms with Crippen LogP contribution in [-0.4, -0.2) is 95.9 Å². The van der Waals surface area contributed by atoms with Crippen LogP contribution in [0.4, 0.5) is 0 Å². The average molecular weight is 793 g/mol. The van der Waals surface area contributed by atoms with Crippen LogP contribution in [0.5, 0.6) is 28.7 Å². The van der Waals surface area contributed by atoms with Gasteiger partial charge in [0.2, 0.25) is 6.79 Å². The Hall–Kier alpha value is -4.98. The summed E-state index contributed by atoms with van der Waals surface area (Å²) in [6, 6.07) is 9.84. The second kappa shape index (κ2) is 13.0. The van der Waals surface area contributed by atoms with Gasteiger partial charge in [0, 0.05) is 70.5 Å². The van der Waals surface area contributed by atoms with Gasteiger partial charge in [0.05, 0.1) is 36.2 Å². The Bertz CT molecular complexity index is 2450. The van der Waals surface area contributed by atoms with E-state index in [0.29, 0.717) is 59.1 Å². The minimum absolute atomic E-state index is 0.0490. The van der Waals surface area contributed by atoms with E-state index < -0.39 is 46.9 Å². The van der Waals surface area contributed by atoms with Gasteiger partial charge in [-0.25, -0.2) is 4.79 Å². The fraction of sp³-hybridized carbons (Fsp3) is 0.452. The van der Waals surface area contributed by atoms with Crippen LogP contribution in [0.1, 0.15) is 68.9 Å². The van der Waals surface area contributed by atoms with E-state index >= 15 is 4.79 Å². The Kier molecular flexibility index (Phi) is 8.31. The molecular weight excluding hydrogens is 749 g/mol. The number of carbonyl (C=O) groups is 2. The molecule has 4 bridgehead atoms. The molecule has 2 fully saturated rings. The van der Waals surface area contributed by atoms with Crippen molar-refractivity contribution in [3.05, 3.63) is 75.0 Å². The number of aromatic amines is 1.